The standard InChI is InChI=1S/C23H28ClFN2O2Si/c1-30(2,3)11-10-29-15-27-20-12-18(25)22(26-19(20)13-21(27)24)16-4-6-17(7-5-16)23(14-28)8-9-23/h4-7,12-13,28H,8-11,14-15H2,1-3H3. The fourth-order valence-electron chi connectivity index (χ4n) is 3.66. The van der Waals surface area contributed by atoms with Crippen LogP contribution in [-0.4, -0.2) is 35.9 Å². The number of pyridine rings is 1. The summed E-state index contributed by atoms with van der Waals surface area (Å²) >= 11 is 6.39. The number of hydrogen-bond acceptors (Lipinski definition) is 3. The van der Waals surface area contributed by atoms with Crippen molar-refractivity contribution in [1.29, 1.82) is 0 Å². The average Bonchev–Trinajstić information content (AvgIpc) is 3.44. The molecule has 0 amide bonds. The van der Waals surface area contributed by atoms with Crippen molar-refractivity contribution in [3.63, 3.8) is 0 Å². The van der Waals surface area contributed by atoms with Crippen LogP contribution in [0.1, 0.15) is 18.4 Å². The van der Waals surface area contributed by atoms with E-state index in [1.165, 1.54) is 6.07 Å². The Morgan fingerprint density at radius 1 is 1.20 bits per heavy atom. The molecule has 30 heavy (non-hydrogen) atoms. The fraction of sp³-hybridized carbons (Fsp3) is 0.435. The molecule has 0 saturated heterocycles. The van der Waals surface area contributed by atoms with E-state index in [1.54, 1.807) is 10.6 Å². The molecule has 2 heterocycles. The van der Waals surface area contributed by atoms with E-state index in [0.29, 0.717) is 34.1 Å². The molecule has 0 bridgehead atoms. The molecule has 7 heteroatoms. The van der Waals surface area contributed by atoms with E-state index in [-0.39, 0.29) is 18.8 Å². The fourth-order valence-corrected chi connectivity index (χ4v) is 4.66. The van der Waals surface area contributed by atoms with Gasteiger partial charge in [0.15, 0.2) is 5.82 Å². The Kier molecular flexibility index (Phi) is 5.79. The Morgan fingerprint density at radius 3 is 2.50 bits per heavy atom. The van der Waals surface area contributed by atoms with Gasteiger partial charge in [0.2, 0.25) is 0 Å². The summed E-state index contributed by atoms with van der Waals surface area (Å²) in [5, 5.41) is 10.1. The molecular weight excluding hydrogens is 419 g/mol. The molecule has 0 unspecified atom stereocenters. The lowest BCUT2D eigenvalue weighted by Gasteiger charge is -2.16. The Bertz CT molecular complexity index is 1060. The van der Waals surface area contributed by atoms with Gasteiger partial charge in [-0.15, -0.1) is 0 Å². The number of aliphatic hydroxyl groups excluding tert-OH is 1. The first-order chi connectivity index (χ1) is 14.2. The number of nitrogens with zero attached hydrogens (tertiary/aromatic N) is 2. The van der Waals surface area contributed by atoms with Crippen molar-refractivity contribution >= 4 is 30.7 Å². The molecule has 4 rings (SSSR count). The summed E-state index contributed by atoms with van der Waals surface area (Å²) in [6.45, 7) is 8.01. The summed E-state index contributed by atoms with van der Waals surface area (Å²) in [7, 11) is -1.17. The third kappa shape index (κ3) is 4.33. The first-order valence-electron chi connectivity index (χ1n) is 10.4. The van der Waals surface area contributed by atoms with Crippen LogP contribution in [0.15, 0.2) is 36.4 Å². The van der Waals surface area contributed by atoms with Gasteiger partial charge in [-0.2, -0.15) is 0 Å². The number of aliphatic hydroxyl groups is 1. The van der Waals surface area contributed by atoms with E-state index in [2.05, 4.69) is 24.6 Å². The molecular formula is C23H28ClFN2O2Si. The Labute approximate surface area is 182 Å². The van der Waals surface area contributed by atoms with Gasteiger partial charge in [-0.3, -0.25) is 0 Å². The normalized spacial score (nSPS) is 15.7. The maximum Gasteiger partial charge on any atom is 0.151 e. The van der Waals surface area contributed by atoms with E-state index in [1.807, 2.05) is 24.3 Å². The van der Waals surface area contributed by atoms with E-state index < -0.39 is 13.9 Å². The number of aromatic nitrogens is 2. The zero-order valence-electron chi connectivity index (χ0n) is 17.7. The summed E-state index contributed by atoms with van der Waals surface area (Å²) in [4.78, 5) is 4.54. The third-order valence-electron chi connectivity index (χ3n) is 5.93. The van der Waals surface area contributed by atoms with Gasteiger partial charge in [0.05, 0.1) is 17.6 Å². The SMILES string of the molecule is C[Si](C)(C)CCOCn1c(Cl)cc2nc(-c3ccc(C4(CO)CC4)cc3)c(F)cc21. The summed E-state index contributed by atoms with van der Waals surface area (Å²) in [5.74, 6) is -0.392. The van der Waals surface area contributed by atoms with Crippen molar-refractivity contribution in [2.75, 3.05) is 13.2 Å². The van der Waals surface area contributed by atoms with E-state index in [9.17, 15) is 9.50 Å². The highest BCUT2D eigenvalue weighted by Gasteiger charge is 2.43. The van der Waals surface area contributed by atoms with Gasteiger partial charge in [0.25, 0.3) is 0 Å². The van der Waals surface area contributed by atoms with Crippen LogP contribution in [0.3, 0.4) is 0 Å². The highest BCUT2D eigenvalue weighted by Crippen LogP contribution is 2.47. The minimum absolute atomic E-state index is 0.102. The smallest absolute Gasteiger partial charge is 0.151 e. The minimum Gasteiger partial charge on any atom is -0.395 e. The lowest BCUT2D eigenvalue weighted by Crippen LogP contribution is -2.22. The molecule has 1 aliphatic carbocycles. The van der Waals surface area contributed by atoms with Crippen molar-refractivity contribution in [3.05, 3.63) is 52.9 Å². The van der Waals surface area contributed by atoms with Gasteiger partial charge in [0, 0.05) is 37.8 Å². The number of rotatable bonds is 8. The van der Waals surface area contributed by atoms with E-state index in [0.717, 1.165) is 24.4 Å². The topological polar surface area (TPSA) is 47.3 Å². The van der Waals surface area contributed by atoms with Crippen LogP contribution in [0.4, 0.5) is 4.39 Å². The van der Waals surface area contributed by atoms with Crippen LogP contribution in [0, 0.1) is 5.82 Å². The first kappa shape index (κ1) is 21.5. The average molecular weight is 447 g/mol. The van der Waals surface area contributed by atoms with Crippen molar-refractivity contribution in [2.45, 2.75) is 50.7 Å². The molecule has 1 aromatic carbocycles. The molecule has 0 radical (unpaired) electrons. The predicted octanol–water partition coefficient (Wildman–Crippen LogP) is 5.83. The number of hydrogen-bond donors (Lipinski definition) is 1. The lowest BCUT2D eigenvalue weighted by atomic mass is 9.95. The number of benzene rings is 1. The van der Waals surface area contributed by atoms with Crippen molar-refractivity contribution < 1.29 is 14.2 Å². The first-order valence-corrected chi connectivity index (χ1v) is 14.5. The van der Waals surface area contributed by atoms with Crippen molar-refractivity contribution in [3.8, 4) is 11.3 Å². The van der Waals surface area contributed by atoms with Crippen molar-refractivity contribution in [1.82, 2.24) is 9.55 Å². The molecule has 1 N–H and O–H groups in total. The summed E-state index contributed by atoms with van der Waals surface area (Å²) in [5.41, 5.74) is 3.28. The maximum absolute atomic E-state index is 15.0. The highest BCUT2D eigenvalue weighted by atomic mass is 35.5. The van der Waals surface area contributed by atoms with Gasteiger partial charge < -0.3 is 14.4 Å². The van der Waals surface area contributed by atoms with Gasteiger partial charge in [0.1, 0.15) is 17.6 Å². The highest BCUT2D eigenvalue weighted by molar-refractivity contribution is 6.76. The third-order valence-corrected chi connectivity index (χ3v) is 7.95. The lowest BCUT2D eigenvalue weighted by molar-refractivity contribution is 0.0904. The molecule has 4 nitrogen and oxygen atoms in total. The number of halogens is 2. The second-order valence-electron chi connectivity index (χ2n) is 9.48. The van der Waals surface area contributed by atoms with E-state index >= 15 is 0 Å². The van der Waals surface area contributed by atoms with Crippen LogP contribution < -0.4 is 0 Å². The summed E-state index contributed by atoms with van der Waals surface area (Å²) < 4.78 is 22.5. The quantitative estimate of drug-likeness (QED) is 0.349. The Morgan fingerprint density at radius 2 is 1.90 bits per heavy atom. The molecule has 2 aromatic heterocycles. The molecule has 1 aliphatic rings. The van der Waals surface area contributed by atoms with Gasteiger partial charge in [-0.25, -0.2) is 9.37 Å². The van der Waals surface area contributed by atoms with Gasteiger partial charge >= 0.3 is 0 Å². The minimum atomic E-state index is -1.17. The molecule has 0 spiro atoms. The monoisotopic (exact) mass is 446 g/mol. The van der Waals surface area contributed by atoms with Gasteiger partial charge in [-0.05, 0) is 24.4 Å². The van der Waals surface area contributed by atoms with Crippen LogP contribution in [0.25, 0.3) is 22.3 Å². The summed E-state index contributed by atoms with van der Waals surface area (Å²) in [6.07, 6.45) is 1.99. The van der Waals surface area contributed by atoms with E-state index in [4.69, 9.17) is 16.3 Å². The van der Waals surface area contributed by atoms with Gasteiger partial charge in [-0.1, -0.05) is 55.5 Å². The van der Waals surface area contributed by atoms with Crippen LogP contribution in [0.5, 0.6) is 0 Å². The second kappa shape index (κ2) is 8.08. The molecule has 160 valence electrons. The Balaban J connectivity index is 1.57. The van der Waals surface area contributed by atoms with Crippen LogP contribution >= 0.6 is 11.6 Å². The van der Waals surface area contributed by atoms with Crippen LogP contribution in [0.2, 0.25) is 30.8 Å². The largest absolute Gasteiger partial charge is 0.395 e. The van der Waals surface area contributed by atoms with Crippen LogP contribution in [-0.2, 0) is 16.9 Å². The zero-order valence-corrected chi connectivity index (χ0v) is 19.5. The van der Waals surface area contributed by atoms with Crippen molar-refractivity contribution in [2.24, 2.45) is 0 Å². The molecule has 3 aromatic rings. The molecule has 0 aliphatic heterocycles. The number of fused-ring (bicyclic) bond motifs is 1. The maximum atomic E-state index is 15.0. The Hall–Kier alpha value is -1.73. The summed E-state index contributed by atoms with van der Waals surface area (Å²) in [6, 6.07) is 12.0. The molecule has 0 atom stereocenters. The number of ether oxygens (including phenoxy) is 1. The predicted molar refractivity (Wildman–Crippen MR) is 122 cm³/mol. The second-order valence-corrected chi connectivity index (χ2v) is 15.5. The molecule has 1 fully saturated rings. The molecule has 1 saturated carbocycles. The zero-order chi connectivity index (χ0) is 21.5.